The van der Waals surface area contributed by atoms with Gasteiger partial charge in [-0.05, 0) is 43.4 Å². The molecule has 1 aromatic carbocycles. The third-order valence-corrected chi connectivity index (χ3v) is 5.42. The minimum atomic E-state index is -0.262. The number of fused-ring (bicyclic) bond motifs is 1. The fourth-order valence-electron chi connectivity index (χ4n) is 3.08. The van der Waals surface area contributed by atoms with Gasteiger partial charge in [0.2, 0.25) is 0 Å². The number of oxazole rings is 1. The van der Waals surface area contributed by atoms with Crippen molar-refractivity contribution in [1.82, 2.24) is 4.57 Å². The van der Waals surface area contributed by atoms with E-state index in [4.69, 9.17) is 4.42 Å². The first kappa shape index (κ1) is 13.0. The summed E-state index contributed by atoms with van der Waals surface area (Å²) in [5.41, 5.74) is 2.81. The zero-order valence-electron chi connectivity index (χ0n) is 11.1. The first-order valence-corrected chi connectivity index (χ1v) is 7.89. The summed E-state index contributed by atoms with van der Waals surface area (Å²) >= 11 is 3.81. The standard InChI is InChI=1S/C15H18BrNO2/c1-2-17-12-8-7-11(9-13(12)19-15(17)18)14(16)10-5-3-4-6-10/h7-10,14H,2-6H2,1H3. The lowest BCUT2D eigenvalue weighted by molar-refractivity contribution is 0.512. The van der Waals surface area contributed by atoms with Crippen LogP contribution in [-0.2, 0) is 6.54 Å². The van der Waals surface area contributed by atoms with Gasteiger partial charge in [-0.2, -0.15) is 0 Å². The molecule has 1 aliphatic carbocycles. The van der Waals surface area contributed by atoms with Crippen LogP contribution in [-0.4, -0.2) is 4.57 Å². The van der Waals surface area contributed by atoms with E-state index in [1.54, 1.807) is 4.57 Å². The van der Waals surface area contributed by atoms with E-state index in [0.29, 0.717) is 22.9 Å². The molecule has 0 bridgehead atoms. The zero-order valence-corrected chi connectivity index (χ0v) is 12.6. The molecule has 102 valence electrons. The summed E-state index contributed by atoms with van der Waals surface area (Å²) in [5.74, 6) is 0.444. The Morgan fingerprint density at radius 1 is 1.42 bits per heavy atom. The number of aromatic nitrogens is 1. The van der Waals surface area contributed by atoms with Crippen LogP contribution >= 0.6 is 15.9 Å². The third-order valence-electron chi connectivity index (χ3n) is 4.14. The molecular weight excluding hydrogens is 306 g/mol. The van der Waals surface area contributed by atoms with Crippen LogP contribution in [0.2, 0.25) is 0 Å². The monoisotopic (exact) mass is 323 g/mol. The molecule has 0 spiro atoms. The van der Waals surface area contributed by atoms with Gasteiger partial charge < -0.3 is 4.42 Å². The summed E-state index contributed by atoms with van der Waals surface area (Å²) in [5, 5.41) is 0. The van der Waals surface area contributed by atoms with Gasteiger partial charge in [0.15, 0.2) is 5.58 Å². The number of halogens is 1. The molecule has 0 amide bonds. The van der Waals surface area contributed by atoms with Gasteiger partial charge in [0.05, 0.1) is 5.52 Å². The fraction of sp³-hybridized carbons (Fsp3) is 0.533. The van der Waals surface area contributed by atoms with Crippen molar-refractivity contribution in [3.63, 3.8) is 0 Å². The van der Waals surface area contributed by atoms with E-state index in [1.807, 2.05) is 19.1 Å². The maximum Gasteiger partial charge on any atom is 0.419 e. The van der Waals surface area contributed by atoms with Crippen LogP contribution in [0.4, 0.5) is 0 Å². The maximum atomic E-state index is 11.7. The molecule has 4 heteroatoms. The van der Waals surface area contributed by atoms with Crippen molar-refractivity contribution in [1.29, 1.82) is 0 Å². The SMILES string of the molecule is CCn1c(=O)oc2cc(C(Br)C3CCCC3)ccc21. The molecule has 1 aromatic heterocycles. The molecule has 1 aliphatic rings. The molecule has 1 heterocycles. The quantitative estimate of drug-likeness (QED) is 0.792. The first-order valence-electron chi connectivity index (χ1n) is 6.98. The van der Waals surface area contributed by atoms with Gasteiger partial charge in [-0.25, -0.2) is 4.79 Å². The topological polar surface area (TPSA) is 35.1 Å². The minimum absolute atomic E-state index is 0.262. The van der Waals surface area contributed by atoms with Gasteiger partial charge in [0.25, 0.3) is 0 Å². The van der Waals surface area contributed by atoms with Gasteiger partial charge in [-0.15, -0.1) is 0 Å². The van der Waals surface area contributed by atoms with Crippen LogP contribution in [0.15, 0.2) is 27.4 Å². The highest BCUT2D eigenvalue weighted by Gasteiger charge is 2.24. The number of alkyl halides is 1. The van der Waals surface area contributed by atoms with Crippen molar-refractivity contribution in [2.45, 2.75) is 44.0 Å². The van der Waals surface area contributed by atoms with E-state index in [0.717, 1.165) is 5.52 Å². The Hall–Kier alpha value is -1.03. The van der Waals surface area contributed by atoms with Crippen LogP contribution in [0, 0.1) is 5.92 Å². The highest BCUT2D eigenvalue weighted by Crippen LogP contribution is 2.41. The lowest BCUT2D eigenvalue weighted by Gasteiger charge is -2.17. The molecule has 1 saturated carbocycles. The van der Waals surface area contributed by atoms with E-state index in [2.05, 4.69) is 22.0 Å². The van der Waals surface area contributed by atoms with E-state index in [1.165, 1.54) is 31.2 Å². The highest BCUT2D eigenvalue weighted by atomic mass is 79.9. The lowest BCUT2D eigenvalue weighted by atomic mass is 9.98. The number of hydrogen-bond donors (Lipinski definition) is 0. The second kappa shape index (κ2) is 5.16. The molecule has 3 nitrogen and oxygen atoms in total. The Labute approximate surface area is 120 Å². The van der Waals surface area contributed by atoms with E-state index < -0.39 is 0 Å². The highest BCUT2D eigenvalue weighted by molar-refractivity contribution is 9.09. The summed E-state index contributed by atoms with van der Waals surface area (Å²) in [6.45, 7) is 2.60. The number of benzene rings is 1. The van der Waals surface area contributed by atoms with Gasteiger partial charge in [-0.3, -0.25) is 4.57 Å². The fourth-order valence-corrected chi connectivity index (χ4v) is 3.89. The molecular formula is C15H18BrNO2. The van der Waals surface area contributed by atoms with Crippen LogP contribution in [0.25, 0.3) is 11.1 Å². The number of aryl methyl sites for hydroxylation is 1. The molecule has 0 N–H and O–H groups in total. The molecule has 3 rings (SSSR count). The smallest absolute Gasteiger partial charge is 0.408 e. The average molecular weight is 324 g/mol. The van der Waals surface area contributed by atoms with Gasteiger partial charge >= 0.3 is 5.76 Å². The lowest BCUT2D eigenvalue weighted by Crippen LogP contribution is -2.11. The van der Waals surface area contributed by atoms with Crippen molar-refractivity contribution >= 4 is 27.0 Å². The van der Waals surface area contributed by atoms with E-state index in [-0.39, 0.29) is 5.76 Å². The minimum Gasteiger partial charge on any atom is -0.408 e. The zero-order chi connectivity index (χ0) is 13.4. The summed E-state index contributed by atoms with van der Waals surface area (Å²) < 4.78 is 6.99. The van der Waals surface area contributed by atoms with Crippen molar-refractivity contribution in [3.8, 4) is 0 Å². The van der Waals surface area contributed by atoms with Crippen molar-refractivity contribution in [2.24, 2.45) is 5.92 Å². The molecule has 0 radical (unpaired) electrons. The maximum absolute atomic E-state index is 11.7. The van der Waals surface area contributed by atoms with E-state index >= 15 is 0 Å². The summed E-state index contributed by atoms with van der Waals surface area (Å²) in [6, 6.07) is 6.13. The predicted octanol–water partition coefficient (Wildman–Crippen LogP) is 4.24. The second-order valence-corrected chi connectivity index (χ2v) is 6.27. The molecule has 1 atom stereocenters. The summed E-state index contributed by atoms with van der Waals surface area (Å²) in [6.07, 6.45) is 5.23. The Balaban J connectivity index is 1.99. The Kier molecular flexibility index (Phi) is 3.52. The van der Waals surface area contributed by atoms with Crippen molar-refractivity contribution in [3.05, 3.63) is 34.3 Å². The van der Waals surface area contributed by atoms with Crippen LogP contribution in [0.3, 0.4) is 0 Å². The van der Waals surface area contributed by atoms with Gasteiger partial charge in [0.1, 0.15) is 0 Å². The van der Waals surface area contributed by atoms with Crippen molar-refractivity contribution in [2.75, 3.05) is 0 Å². The largest absolute Gasteiger partial charge is 0.419 e. The third kappa shape index (κ3) is 2.27. The molecule has 19 heavy (non-hydrogen) atoms. The molecule has 1 fully saturated rings. The van der Waals surface area contributed by atoms with Crippen LogP contribution in [0.1, 0.15) is 43.0 Å². The summed E-state index contributed by atoms with van der Waals surface area (Å²) in [7, 11) is 0. The van der Waals surface area contributed by atoms with E-state index in [9.17, 15) is 4.79 Å². The normalized spacial score (nSPS) is 18.2. The first-order chi connectivity index (χ1) is 9.20. The van der Waals surface area contributed by atoms with Gasteiger partial charge in [0, 0.05) is 11.4 Å². The Morgan fingerprint density at radius 2 is 2.16 bits per heavy atom. The number of hydrogen-bond acceptors (Lipinski definition) is 2. The molecule has 2 aromatic rings. The second-order valence-electron chi connectivity index (χ2n) is 5.29. The number of nitrogens with zero attached hydrogens (tertiary/aromatic N) is 1. The van der Waals surface area contributed by atoms with Crippen LogP contribution < -0.4 is 5.76 Å². The summed E-state index contributed by atoms with van der Waals surface area (Å²) in [4.78, 5) is 12.1. The average Bonchev–Trinajstić information content (AvgIpc) is 3.03. The molecule has 1 unspecified atom stereocenters. The van der Waals surface area contributed by atoms with Crippen LogP contribution in [0.5, 0.6) is 0 Å². The molecule has 0 aliphatic heterocycles. The van der Waals surface area contributed by atoms with Gasteiger partial charge in [-0.1, -0.05) is 34.8 Å². The predicted molar refractivity (Wildman–Crippen MR) is 79.8 cm³/mol. The Morgan fingerprint density at radius 3 is 2.84 bits per heavy atom. The molecule has 0 saturated heterocycles. The van der Waals surface area contributed by atoms with Crippen molar-refractivity contribution < 1.29 is 4.42 Å². The Bertz CT molecular complexity index is 637. The number of rotatable bonds is 3.